The Hall–Kier alpha value is -1.42. The van der Waals surface area contributed by atoms with Crippen molar-refractivity contribution in [1.82, 2.24) is 4.90 Å². The fraction of sp³-hybridized carbons (Fsp3) is 0.333. The highest BCUT2D eigenvalue weighted by Crippen LogP contribution is 2.36. The van der Waals surface area contributed by atoms with Crippen LogP contribution in [0.15, 0.2) is 40.9 Å². The van der Waals surface area contributed by atoms with Crippen LogP contribution in [0.1, 0.15) is 25.8 Å². The zero-order valence-electron chi connectivity index (χ0n) is 11.1. The van der Waals surface area contributed by atoms with E-state index in [9.17, 15) is 9.59 Å². The maximum Gasteiger partial charge on any atom is 0.240 e. The van der Waals surface area contributed by atoms with Gasteiger partial charge in [-0.2, -0.15) is 0 Å². The first kappa shape index (κ1) is 14.0. The van der Waals surface area contributed by atoms with Crippen molar-refractivity contribution in [3.05, 3.63) is 46.5 Å². The molecule has 0 radical (unpaired) electrons. The molecule has 1 aromatic carbocycles. The van der Waals surface area contributed by atoms with Gasteiger partial charge >= 0.3 is 0 Å². The van der Waals surface area contributed by atoms with Gasteiger partial charge in [-0.1, -0.05) is 40.2 Å². The molecular weight excluding hydrogens is 306 g/mol. The third kappa shape index (κ3) is 2.50. The third-order valence-corrected chi connectivity index (χ3v) is 3.96. The number of hydrogen-bond acceptors (Lipinski definition) is 2. The highest BCUT2D eigenvalue weighted by Gasteiger charge is 2.48. The van der Waals surface area contributed by atoms with Crippen molar-refractivity contribution in [2.24, 2.45) is 0 Å². The van der Waals surface area contributed by atoms with E-state index in [0.717, 1.165) is 15.6 Å². The Morgan fingerprint density at radius 3 is 2.47 bits per heavy atom. The Balaban J connectivity index is 2.35. The second-order valence-electron chi connectivity index (χ2n) is 5.26. The summed E-state index contributed by atoms with van der Waals surface area (Å²) in [5, 5.41) is 0. The Kier molecular flexibility index (Phi) is 3.63. The molecule has 100 valence electrons. The van der Waals surface area contributed by atoms with E-state index in [1.54, 1.807) is 0 Å². The maximum absolute atomic E-state index is 12.5. The summed E-state index contributed by atoms with van der Waals surface area (Å²) < 4.78 is 0.954. The Bertz CT molecular complexity index is 550. The van der Waals surface area contributed by atoms with Gasteiger partial charge < -0.3 is 0 Å². The Morgan fingerprint density at radius 2 is 1.95 bits per heavy atom. The van der Waals surface area contributed by atoms with Crippen molar-refractivity contribution < 1.29 is 9.59 Å². The summed E-state index contributed by atoms with van der Waals surface area (Å²) >= 11 is 3.37. The number of benzene rings is 1. The minimum Gasteiger partial charge on any atom is -0.278 e. The van der Waals surface area contributed by atoms with E-state index in [0.29, 0.717) is 6.54 Å². The lowest BCUT2D eigenvalue weighted by Crippen LogP contribution is -2.37. The molecule has 1 unspecified atom stereocenters. The first-order valence-corrected chi connectivity index (χ1v) is 6.89. The van der Waals surface area contributed by atoms with Gasteiger partial charge in [0, 0.05) is 17.4 Å². The van der Waals surface area contributed by atoms with Gasteiger partial charge in [0.2, 0.25) is 11.8 Å². The van der Waals surface area contributed by atoms with E-state index < -0.39 is 5.41 Å². The molecule has 1 heterocycles. The molecule has 0 bridgehead atoms. The largest absolute Gasteiger partial charge is 0.278 e. The number of nitrogens with zero attached hydrogens (tertiary/aromatic N) is 1. The number of hydrogen-bond donors (Lipinski definition) is 0. The van der Waals surface area contributed by atoms with Crippen LogP contribution in [0.2, 0.25) is 0 Å². The zero-order valence-corrected chi connectivity index (χ0v) is 12.7. The maximum atomic E-state index is 12.5. The van der Waals surface area contributed by atoms with Crippen molar-refractivity contribution in [3.8, 4) is 0 Å². The van der Waals surface area contributed by atoms with E-state index in [4.69, 9.17) is 0 Å². The number of amides is 2. The molecule has 1 aliphatic heterocycles. The number of likely N-dealkylation sites (tertiary alicyclic amines) is 1. The first-order valence-electron chi connectivity index (χ1n) is 6.10. The van der Waals surface area contributed by atoms with E-state index in [1.165, 1.54) is 4.90 Å². The number of halogens is 1. The Morgan fingerprint density at radius 1 is 1.37 bits per heavy atom. The molecule has 0 N–H and O–H groups in total. The van der Waals surface area contributed by atoms with Gasteiger partial charge in [-0.25, -0.2) is 0 Å². The first-order chi connectivity index (χ1) is 8.84. The smallest absolute Gasteiger partial charge is 0.240 e. The minimum absolute atomic E-state index is 0.126. The molecule has 0 aromatic heterocycles. The van der Waals surface area contributed by atoms with E-state index in [2.05, 4.69) is 22.5 Å². The van der Waals surface area contributed by atoms with Gasteiger partial charge in [-0.05, 0) is 31.5 Å². The van der Waals surface area contributed by atoms with Gasteiger partial charge in [-0.15, -0.1) is 0 Å². The summed E-state index contributed by atoms with van der Waals surface area (Å²) in [5.41, 5.74) is 0.924. The molecule has 0 spiro atoms. The average molecular weight is 322 g/mol. The van der Waals surface area contributed by atoms with Crippen molar-refractivity contribution in [3.63, 3.8) is 0 Å². The van der Waals surface area contributed by atoms with Gasteiger partial charge in [0.25, 0.3) is 0 Å². The lowest BCUT2D eigenvalue weighted by molar-refractivity contribution is -0.139. The van der Waals surface area contributed by atoms with Crippen LogP contribution in [0.3, 0.4) is 0 Å². The molecule has 4 heteroatoms. The number of rotatable bonds is 3. The molecule has 2 amide bonds. The number of carbonyl (C=O) groups excluding carboxylic acids is 2. The summed E-state index contributed by atoms with van der Waals surface area (Å²) in [6, 6.07) is 7.55. The molecule has 1 aliphatic rings. The summed E-state index contributed by atoms with van der Waals surface area (Å²) in [7, 11) is 0. The van der Waals surface area contributed by atoms with Crippen LogP contribution in [-0.2, 0) is 15.0 Å². The second kappa shape index (κ2) is 4.93. The molecule has 1 fully saturated rings. The number of carbonyl (C=O) groups is 2. The van der Waals surface area contributed by atoms with Crippen LogP contribution in [-0.4, -0.2) is 23.3 Å². The Labute approximate surface area is 121 Å². The lowest BCUT2D eigenvalue weighted by atomic mass is 9.81. The molecule has 1 atom stereocenters. The van der Waals surface area contributed by atoms with Crippen molar-refractivity contribution in [2.75, 3.05) is 6.54 Å². The van der Waals surface area contributed by atoms with Gasteiger partial charge in [0.05, 0.1) is 5.41 Å². The fourth-order valence-corrected chi connectivity index (χ4v) is 2.62. The summed E-state index contributed by atoms with van der Waals surface area (Å²) in [6.07, 6.45) is 0.223. The second-order valence-corrected chi connectivity index (χ2v) is 6.17. The highest BCUT2D eigenvalue weighted by atomic mass is 79.9. The number of imide groups is 1. The van der Waals surface area contributed by atoms with Gasteiger partial charge in [0.15, 0.2) is 0 Å². The molecule has 0 saturated carbocycles. The molecular formula is C15H16BrNO2. The van der Waals surface area contributed by atoms with Crippen LogP contribution in [0.25, 0.3) is 0 Å². The van der Waals surface area contributed by atoms with Crippen molar-refractivity contribution >= 4 is 27.7 Å². The zero-order chi connectivity index (χ0) is 14.2. The average Bonchev–Trinajstić information content (AvgIpc) is 2.54. The highest BCUT2D eigenvalue weighted by molar-refractivity contribution is 9.10. The predicted molar refractivity (Wildman–Crippen MR) is 77.6 cm³/mol. The van der Waals surface area contributed by atoms with Crippen LogP contribution < -0.4 is 0 Å². The SMILES string of the molecule is C=C(C)CN1C(=O)CC(C)(c2ccc(Br)cc2)C1=O. The predicted octanol–water partition coefficient (Wildman–Crippen LogP) is 3.04. The molecule has 1 aromatic rings. The van der Waals surface area contributed by atoms with Crippen LogP contribution in [0.5, 0.6) is 0 Å². The molecule has 2 rings (SSSR count). The van der Waals surface area contributed by atoms with Crippen LogP contribution >= 0.6 is 15.9 Å². The molecule has 0 aliphatic carbocycles. The van der Waals surface area contributed by atoms with Crippen LogP contribution in [0, 0.1) is 0 Å². The quantitative estimate of drug-likeness (QED) is 0.634. The molecule has 19 heavy (non-hydrogen) atoms. The van der Waals surface area contributed by atoms with Crippen molar-refractivity contribution in [1.29, 1.82) is 0 Å². The van der Waals surface area contributed by atoms with Crippen molar-refractivity contribution in [2.45, 2.75) is 25.7 Å². The monoisotopic (exact) mass is 321 g/mol. The summed E-state index contributed by atoms with van der Waals surface area (Å²) in [4.78, 5) is 25.9. The van der Waals surface area contributed by atoms with E-state index in [-0.39, 0.29) is 18.2 Å². The molecule has 1 saturated heterocycles. The fourth-order valence-electron chi connectivity index (χ4n) is 2.36. The summed E-state index contributed by atoms with van der Waals surface area (Å²) in [6.45, 7) is 7.72. The van der Waals surface area contributed by atoms with Gasteiger partial charge in [-0.3, -0.25) is 14.5 Å². The normalized spacial score (nSPS) is 23.0. The van der Waals surface area contributed by atoms with E-state index >= 15 is 0 Å². The topological polar surface area (TPSA) is 37.4 Å². The molecule has 3 nitrogen and oxygen atoms in total. The summed E-state index contributed by atoms with van der Waals surface area (Å²) in [5.74, 6) is -0.263. The lowest BCUT2D eigenvalue weighted by Gasteiger charge is -2.22. The minimum atomic E-state index is -0.757. The van der Waals surface area contributed by atoms with E-state index in [1.807, 2.05) is 38.1 Å². The van der Waals surface area contributed by atoms with Crippen LogP contribution in [0.4, 0.5) is 0 Å². The standard InChI is InChI=1S/C15H16BrNO2/c1-10(2)9-17-13(18)8-15(3,14(17)19)11-4-6-12(16)7-5-11/h4-7H,1,8-9H2,2-3H3. The third-order valence-electron chi connectivity index (χ3n) is 3.43. The van der Waals surface area contributed by atoms with Gasteiger partial charge in [0.1, 0.15) is 0 Å².